The maximum absolute atomic E-state index is 11.7. The summed E-state index contributed by atoms with van der Waals surface area (Å²) in [4.78, 5) is 15.8. The van der Waals surface area contributed by atoms with Crippen LogP contribution in [0.5, 0.6) is 0 Å². The summed E-state index contributed by atoms with van der Waals surface area (Å²) < 4.78 is 0. The zero-order valence-electron chi connectivity index (χ0n) is 13.0. The van der Waals surface area contributed by atoms with Gasteiger partial charge in [0.25, 0.3) is 0 Å². The van der Waals surface area contributed by atoms with Gasteiger partial charge in [0.15, 0.2) is 5.96 Å². The van der Waals surface area contributed by atoms with Gasteiger partial charge in [-0.2, -0.15) is 0 Å². The predicted molar refractivity (Wildman–Crippen MR) is 87.4 cm³/mol. The largest absolute Gasteiger partial charge is 0.356 e. The van der Waals surface area contributed by atoms with Crippen molar-refractivity contribution in [1.82, 2.24) is 16.0 Å². The van der Waals surface area contributed by atoms with Crippen LogP contribution in [-0.4, -0.2) is 38.5 Å². The molecule has 1 amide bonds. The fourth-order valence-electron chi connectivity index (χ4n) is 1.82. The van der Waals surface area contributed by atoms with E-state index in [1.807, 2.05) is 18.2 Å². The Morgan fingerprint density at radius 2 is 1.86 bits per heavy atom. The van der Waals surface area contributed by atoms with Gasteiger partial charge in [0.05, 0.1) is 6.54 Å². The number of unbranched alkanes of at least 4 members (excludes halogenated alkanes) is 1. The van der Waals surface area contributed by atoms with E-state index in [4.69, 9.17) is 0 Å². The first-order valence-corrected chi connectivity index (χ1v) is 7.51. The molecule has 0 aliphatic carbocycles. The number of carbonyl (C=O) groups excluding carboxylic acids is 1. The number of amides is 1. The monoisotopic (exact) mass is 290 g/mol. The highest BCUT2D eigenvalue weighted by atomic mass is 16.1. The number of hydrogen-bond donors (Lipinski definition) is 3. The van der Waals surface area contributed by atoms with Crippen molar-refractivity contribution in [3.63, 3.8) is 0 Å². The normalized spacial score (nSPS) is 11.0. The van der Waals surface area contributed by atoms with Crippen LogP contribution in [0.15, 0.2) is 35.3 Å². The fraction of sp³-hybridized carbons (Fsp3) is 0.500. The first-order valence-electron chi connectivity index (χ1n) is 7.51. The lowest BCUT2D eigenvalue weighted by Crippen LogP contribution is -2.43. The van der Waals surface area contributed by atoms with Crippen molar-refractivity contribution in [3.8, 4) is 0 Å². The number of rotatable bonds is 8. The molecule has 0 radical (unpaired) electrons. The Morgan fingerprint density at radius 3 is 2.52 bits per heavy atom. The standard InChI is InChI=1S/C16H26N4O/c1-3-4-11-19-16(17-2)20-13-15(21)18-12-10-14-8-6-5-7-9-14/h5-9H,3-4,10-13H2,1-2H3,(H,18,21)(H2,17,19,20). The van der Waals surface area contributed by atoms with Crippen molar-refractivity contribution in [2.75, 3.05) is 26.7 Å². The SMILES string of the molecule is CCCCNC(=NC)NCC(=O)NCCc1ccccc1. The highest BCUT2D eigenvalue weighted by molar-refractivity contribution is 5.86. The van der Waals surface area contributed by atoms with Crippen LogP contribution in [0.1, 0.15) is 25.3 Å². The van der Waals surface area contributed by atoms with Gasteiger partial charge < -0.3 is 16.0 Å². The molecule has 0 aliphatic rings. The topological polar surface area (TPSA) is 65.5 Å². The van der Waals surface area contributed by atoms with Crippen LogP contribution in [0.4, 0.5) is 0 Å². The van der Waals surface area contributed by atoms with Crippen molar-refractivity contribution in [1.29, 1.82) is 0 Å². The summed E-state index contributed by atoms with van der Waals surface area (Å²) in [6.45, 7) is 3.89. The lowest BCUT2D eigenvalue weighted by atomic mass is 10.1. The molecule has 5 nitrogen and oxygen atoms in total. The van der Waals surface area contributed by atoms with Crippen molar-refractivity contribution in [2.24, 2.45) is 4.99 Å². The van der Waals surface area contributed by atoms with E-state index >= 15 is 0 Å². The fourth-order valence-corrected chi connectivity index (χ4v) is 1.82. The summed E-state index contributed by atoms with van der Waals surface area (Å²) in [5.41, 5.74) is 1.22. The lowest BCUT2D eigenvalue weighted by molar-refractivity contribution is -0.119. The van der Waals surface area contributed by atoms with E-state index in [1.54, 1.807) is 7.05 Å². The first kappa shape index (κ1) is 17.0. The van der Waals surface area contributed by atoms with Crippen LogP contribution in [0.3, 0.4) is 0 Å². The minimum Gasteiger partial charge on any atom is -0.356 e. The second-order valence-electron chi connectivity index (χ2n) is 4.79. The van der Waals surface area contributed by atoms with Gasteiger partial charge in [-0.15, -0.1) is 0 Å². The second-order valence-corrected chi connectivity index (χ2v) is 4.79. The average Bonchev–Trinajstić information content (AvgIpc) is 2.52. The third-order valence-corrected chi connectivity index (χ3v) is 3.04. The zero-order valence-corrected chi connectivity index (χ0v) is 13.0. The molecule has 0 aromatic heterocycles. The molecule has 5 heteroatoms. The van der Waals surface area contributed by atoms with Crippen LogP contribution in [-0.2, 0) is 11.2 Å². The Balaban J connectivity index is 2.15. The predicted octanol–water partition coefficient (Wildman–Crippen LogP) is 1.31. The molecule has 0 aliphatic heterocycles. The molecule has 3 N–H and O–H groups in total. The molecule has 0 unspecified atom stereocenters. The molecule has 116 valence electrons. The number of nitrogens with one attached hydrogen (secondary N) is 3. The zero-order chi connectivity index (χ0) is 15.3. The molecule has 1 aromatic rings. The number of hydrogen-bond acceptors (Lipinski definition) is 2. The minimum atomic E-state index is -0.0237. The van der Waals surface area contributed by atoms with Crippen LogP contribution in [0.25, 0.3) is 0 Å². The summed E-state index contributed by atoms with van der Waals surface area (Å²) in [5.74, 6) is 0.644. The molecule has 0 fully saturated rings. The molecular formula is C16H26N4O. The van der Waals surface area contributed by atoms with Crippen LogP contribution >= 0.6 is 0 Å². The molecule has 0 spiro atoms. The second kappa shape index (κ2) is 10.7. The van der Waals surface area contributed by atoms with E-state index < -0.39 is 0 Å². The summed E-state index contributed by atoms with van der Waals surface area (Å²) in [7, 11) is 1.70. The van der Waals surface area contributed by atoms with Gasteiger partial charge in [-0.3, -0.25) is 9.79 Å². The third-order valence-electron chi connectivity index (χ3n) is 3.04. The van der Waals surface area contributed by atoms with Gasteiger partial charge in [0.2, 0.25) is 5.91 Å². The quantitative estimate of drug-likeness (QED) is 0.384. The summed E-state index contributed by atoms with van der Waals surface area (Å²) >= 11 is 0. The minimum absolute atomic E-state index is 0.0237. The summed E-state index contributed by atoms with van der Waals surface area (Å²) in [5, 5.41) is 9.06. The highest BCUT2D eigenvalue weighted by Gasteiger charge is 2.02. The Labute approximate surface area is 127 Å². The van der Waals surface area contributed by atoms with Crippen LogP contribution in [0.2, 0.25) is 0 Å². The summed E-state index contributed by atoms with van der Waals surface area (Å²) in [6.07, 6.45) is 3.06. The lowest BCUT2D eigenvalue weighted by Gasteiger charge is -2.11. The van der Waals surface area contributed by atoms with E-state index in [0.29, 0.717) is 12.5 Å². The Kier molecular flexibility index (Phi) is 8.68. The van der Waals surface area contributed by atoms with Gasteiger partial charge in [-0.25, -0.2) is 0 Å². The van der Waals surface area contributed by atoms with Crippen molar-refractivity contribution >= 4 is 11.9 Å². The van der Waals surface area contributed by atoms with Crippen LogP contribution < -0.4 is 16.0 Å². The number of nitrogens with zero attached hydrogens (tertiary/aromatic N) is 1. The van der Waals surface area contributed by atoms with Gasteiger partial charge >= 0.3 is 0 Å². The smallest absolute Gasteiger partial charge is 0.239 e. The van der Waals surface area contributed by atoms with E-state index in [1.165, 1.54) is 5.56 Å². The Bertz CT molecular complexity index is 431. The molecule has 0 heterocycles. The number of carbonyl (C=O) groups is 1. The molecule has 1 aromatic carbocycles. The Morgan fingerprint density at radius 1 is 1.10 bits per heavy atom. The highest BCUT2D eigenvalue weighted by Crippen LogP contribution is 1.97. The van der Waals surface area contributed by atoms with Gasteiger partial charge in [0, 0.05) is 20.1 Å². The molecule has 1 rings (SSSR count). The maximum atomic E-state index is 11.7. The van der Waals surface area contributed by atoms with Gasteiger partial charge in [-0.05, 0) is 18.4 Å². The van der Waals surface area contributed by atoms with E-state index in [9.17, 15) is 4.79 Å². The van der Waals surface area contributed by atoms with Crippen molar-refractivity contribution in [3.05, 3.63) is 35.9 Å². The molecule has 21 heavy (non-hydrogen) atoms. The average molecular weight is 290 g/mol. The van der Waals surface area contributed by atoms with Crippen molar-refractivity contribution in [2.45, 2.75) is 26.2 Å². The molecule has 0 bridgehead atoms. The maximum Gasteiger partial charge on any atom is 0.239 e. The molecular weight excluding hydrogens is 264 g/mol. The van der Waals surface area contributed by atoms with E-state index in [-0.39, 0.29) is 12.5 Å². The summed E-state index contributed by atoms with van der Waals surface area (Å²) in [6, 6.07) is 10.1. The van der Waals surface area contributed by atoms with E-state index in [0.717, 1.165) is 25.8 Å². The molecule has 0 saturated carbocycles. The molecule has 0 saturated heterocycles. The van der Waals surface area contributed by atoms with E-state index in [2.05, 4.69) is 40.0 Å². The van der Waals surface area contributed by atoms with Crippen LogP contribution in [0, 0.1) is 0 Å². The number of guanidine groups is 1. The third kappa shape index (κ3) is 7.97. The molecule has 0 atom stereocenters. The van der Waals surface area contributed by atoms with Gasteiger partial charge in [0.1, 0.15) is 0 Å². The van der Waals surface area contributed by atoms with Crippen molar-refractivity contribution < 1.29 is 4.79 Å². The first-order chi connectivity index (χ1) is 10.3. The Hall–Kier alpha value is -2.04. The van der Waals surface area contributed by atoms with Gasteiger partial charge in [-0.1, -0.05) is 43.7 Å². The number of benzene rings is 1. The number of aliphatic imine (C=N–C) groups is 1.